The summed E-state index contributed by atoms with van der Waals surface area (Å²) in [6, 6.07) is 0. The zero-order valence-electron chi connectivity index (χ0n) is 9.80. The molecule has 10 nitrogen and oxygen atoms in total. The van der Waals surface area contributed by atoms with Gasteiger partial charge in [0.15, 0.2) is 0 Å². The van der Waals surface area contributed by atoms with Gasteiger partial charge in [-0.2, -0.15) is 8.78 Å². The van der Waals surface area contributed by atoms with Gasteiger partial charge in [0.25, 0.3) is 0 Å². The average Bonchev–Trinajstić information content (AvgIpc) is 1.94. The van der Waals surface area contributed by atoms with Crippen LogP contribution in [0.25, 0.3) is 0 Å². The maximum absolute atomic E-state index is 9.92. The Morgan fingerprint density at radius 2 is 0.591 bits per heavy atom. The summed E-state index contributed by atoms with van der Waals surface area (Å²) < 4.78 is 49.4. The molecule has 124 valence electrons. The number of carbonyl (C=O) groups is 5. The molecule has 0 heterocycles. The second-order valence-corrected chi connectivity index (χ2v) is 1.23. The van der Waals surface area contributed by atoms with Crippen LogP contribution in [0.15, 0.2) is 0 Å². The first-order valence-corrected chi connectivity index (χ1v) is 3.04. The summed E-state index contributed by atoms with van der Waals surface area (Å²) in [6.45, 7) is 0. The van der Waals surface area contributed by atoms with Gasteiger partial charge in [-0.1, -0.05) is 0 Å². The van der Waals surface area contributed by atoms with E-state index in [4.69, 9.17) is 49.5 Å². The first-order valence-electron chi connectivity index (χ1n) is 3.04. The van der Waals surface area contributed by atoms with E-state index < -0.39 is 31.1 Å². The molecule has 0 amide bonds. The van der Waals surface area contributed by atoms with E-state index in [1.807, 2.05) is 0 Å². The molecule has 0 aliphatic rings. The minimum atomic E-state index is -2.58. The fourth-order valence-electron chi connectivity index (χ4n) is 0. The number of carbonyl (C=O) groups excluding carboxylic acids is 2. The van der Waals surface area contributed by atoms with E-state index in [9.17, 15) is 22.0 Å². The Bertz CT molecular complexity index is 226. The van der Waals surface area contributed by atoms with Crippen LogP contribution in [0.3, 0.4) is 0 Å². The predicted molar refractivity (Wildman–Crippen MR) is 46.2 cm³/mol. The standard InChI is InChI=1S/5CHFO2.Ca.Ce/c5*2-1(3)4;;/h5*(H,3,4);;/q;;;;;+2;/p-2. The average molecular weight is 498 g/mol. The van der Waals surface area contributed by atoms with Crippen molar-refractivity contribution in [2.45, 2.75) is 0 Å². The molecular weight excluding hydrogens is 495 g/mol. The van der Waals surface area contributed by atoms with Crippen molar-refractivity contribution in [2.24, 2.45) is 0 Å². The molecule has 0 aromatic rings. The third-order valence-corrected chi connectivity index (χ3v) is 0. The first-order chi connectivity index (χ1) is 8.66. The molecule has 3 N–H and O–H groups in total. The SMILES string of the molecule is O=C(O)F.O=C(O)F.O=C(O)F.O=C([O-])F.O=C([O-])F.[Ca+2].[Ce]. The molecule has 0 aromatic heterocycles. The van der Waals surface area contributed by atoms with Gasteiger partial charge in [-0.3, -0.25) is 0 Å². The topological polar surface area (TPSA) is 192 Å². The minimum absolute atomic E-state index is 0. The Balaban J connectivity index is -0.0000000250. The van der Waals surface area contributed by atoms with E-state index in [1.165, 1.54) is 0 Å². The van der Waals surface area contributed by atoms with Crippen LogP contribution >= 0.6 is 0 Å². The van der Waals surface area contributed by atoms with E-state index in [0.29, 0.717) is 0 Å². The Morgan fingerprint density at radius 1 is 0.591 bits per heavy atom. The van der Waals surface area contributed by atoms with Crippen molar-refractivity contribution in [2.75, 3.05) is 0 Å². The molecule has 0 radical (unpaired) electrons. The number of halogens is 5. The molecular formula is C5H3CaCeF5O10. The van der Waals surface area contributed by atoms with Crippen LogP contribution in [0.4, 0.5) is 45.9 Å². The smallest absolute Gasteiger partial charge is 0.520 e. The monoisotopic (exact) mass is 498 g/mol. The minimum Gasteiger partial charge on any atom is -0.520 e. The molecule has 0 unspecified atom stereocenters. The van der Waals surface area contributed by atoms with E-state index in [-0.39, 0.29) is 79.5 Å². The van der Waals surface area contributed by atoms with Crippen molar-refractivity contribution >= 4 is 68.9 Å². The predicted octanol–water partition coefficient (Wildman–Crippen LogP) is 0.119. The molecule has 22 heavy (non-hydrogen) atoms. The Kier molecular flexibility index (Phi) is 72.6. The number of hydrogen-bond donors (Lipinski definition) is 3. The fraction of sp³-hybridized carbons (Fsp3) is 0. The summed E-state index contributed by atoms with van der Waals surface area (Å²) in [5, 5.41) is 36.7. The van der Waals surface area contributed by atoms with Crippen LogP contribution in [-0.4, -0.2) is 84.2 Å². The van der Waals surface area contributed by atoms with Gasteiger partial charge in [0.1, 0.15) is 0 Å². The van der Waals surface area contributed by atoms with Crippen molar-refractivity contribution < 1.29 is 113 Å². The zero-order valence-corrected chi connectivity index (χ0v) is 15.1. The van der Waals surface area contributed by atoms with Crippen molar-refractivity contribution in [1.82, 2.24) is 0 Å². The van der Waals surface area contributed by atoms with Crippen LogP contribution in [0.1, 0.15) is 0 Å². The van der Waals surface area contributed by atoms with Gasteiger partial charge in [-0.25, -0.2) is 14.4 Å². The summed E-state index contributed by atoms with van der Waals surface area (Å²) in [6.07, 6.45) is -12.2. The Labute approximate surface area is 180 Å². The summed E-state index contributed by atoms with van der Waals surface area (Å²) in [7, 11) is 0. The normalized spacial score (nSPS) is 5.68. The number of carboxylic acid groups (broad SMARTS) is 5. The van der Waals surface area contributed by atoms with Crippen molar-refractivity contribution in [3.05, 3.63) is 0 Å². The van der Waals surface area contributed by atoms with Crippen molar-refractivity contribution in [3.8, 4) is 0 Å². The van der Waals surface area contributed by atoms with Crippen LogP contribution in [0, 0.1) is 41.7 Å². The molecule has 0 fully saturated rings. The largest absolute Gasteiger partial charge is 2.00 e. The summed E-state index contributed by atoms with van der Waals surface area (Å²) in [5.41, 5.74) is 0. The Hall–Kier alpha value is -0.364. The molecule has 0 rings (SSSR count). The van der Waals surface area contributed by atoms with Gasteiger partial charge in [-0.05, 0) is 0 Å². The van der Waals surface area contributed by atoms with Crippen LogP contribution in [-0.2, 0) is 0 Å². The molecule has 17 heteroatoms. The molecule has 0 atom stereocenters. The van der Waals surface area contributed by atoms with Gasteiger partial charge in [0.05, 0.1) is 0 Å². The van der Waals surface area contributed by atoms with Gasteiger partial charge in [0, 0.05) is 41.7 Å². The fourth-order valence-corrected chi connectivity index (χ4v) is 0. The summed E-state index contributed by atoms with van der Waals surface area (Å²) in [5.74, 6) is 0. The van der Waals surface area contributed by atoms with Gasteiger partial charge >= 0.3 is 56.4 Å². The van der Waals surface area contributed by atoms with E-state index in [1.54, 1.807) is 0 Å². The molecule has 0 aliphatic heterocycles. The third kappa shape index (κ3) is 51600. The second kappa shape index (κ2) is 37.1. The van der Waals surface area contributed by atoms with Crippen LogP contribution in [0.2, 0.25) is 0 Å². The van der Waals surface area contributed by atoms with Crippen molar-refractivity contribution in [1.29, 1.82) is 0 Å². The molecule has 0 spiro atoms. The van der Waals surface area contributed by atoms with E-state index in [0.717, 1.165) is 0 Å². The quantitative estimate of drug-likeness (QED) is 0.235. The second-order valence-electron chi connectivity index (χ2n) is 1.23. The molecule has 0 aliphatic carbocycles. The Morgan fingerprint density at radius 3 is 0.591 bits per heavy atom. The number of rotatable bonds is 0. The number of hydrogen-bond acceptors (Lipinski definition) is 7. The molecule has 0 aromatic carbocycles. The van der Waals surface area contributed by atoms with Crippen molar-refractivity contribution in [3.63, 3.8) is 0 Å². The van der Waals surface area contributed by atoms with E-state index >= 15 is 0 Å². The van der Waals surface area contributed by atoms with Gasteiger partial charge in [0.2, 0.25) is 12.4 Å². The maximum Gasteiger partial charge on any atom is 2.00 e. The maximum atomic E-state index is 9.92. The first kappa shape index (κ1) is 43.0. The third-order valence-electron chi connectivity index (χ3n) is 0. The molecule has 0 saturated carbocycles. The molecule has 0 saturated heterocycles. The zero-order chi connectivity index (χ0) is 17.9. The summed E-state index contributed by atoms with van der Waals surface area (Å²) in [4.78, 5) is 41.4. The van der Waals surface area contributed by atoms with Crippen LogP contribution < -0.4 is 10.2 Å². The molecule has 0 bridgehead atoms. The van der Waals surface area contributed by atoms with E-state index in [2.05, 4.69) is 0 Å². The van der Waals surface area contributed by atoms with Gasteiger partial charge in [-0.15, -0.1) is 13.2 Å². The summed E-state index contributed by atoms with van der Waals surface area (Å²) >= 11 is 0. The van der Waals surface area contributed by atoms with Gasteiger partial charge < -0.3 is 35.1 Å². The van der Waals surface area contributed by atoms with Crippen LogP contribution in [0.5, 0.6) is 0 Å².